The van der Waals surface area contributed by atoms with Crippen molar-refractivity contribution in [2.45, 2.75) is 32.1 Å². The Morgan fingerprint density at radius 1 is 1.55 bits per heavy atom. The molecule has 1 nitrogen and oxygen atoms in total. The molecule has 0 aromatic rings. The lowest BCUT2D eigenvalue weighted by molar-refractivity contribution is 0.560. The van der Waals surface area contributed by atoms with Gasteiger partial charge in [0.1, 0.15) is 0 Å². The Kier molecular flexibility index (Phi) is 1.69. The molecule has 0 spiro atoms. The van der Waals surface area contributed by atoms with E-state index in [9.17, 15) is 0 Å². The van der Waals surface area contributed by atoms with Crippen LogP contribution >= 0.6 is 0 Å². The highest BCUT2D eigenvalue weighted by atomic mass is 14.4. The van der Waals surface area contributed by atoms with Crippen LogP contribution in [-0.4, -0.2) is 0 Å². The summed E-state index contributed by atoms with van der Waals surface area (Å²) in [6.45, 7) is 0. The van der Waals surface area contributed by atoms with Crippen LogP contribution in [0.15, 0.2) is 11.6 Å². The van der Waals surface area contributed by atoms with Crippen molar-refractivity contribution in [1.82, 2.24) is 0 Å². The number of hydrogen-bond acceptors (Lipinski definition) is 1. The Hall–Kier alpha value is -0.770. The lowest BCUT2D eigenvalue weighted by atomic mass is 9.94. The molecule has 2 saturated carbocycles. The van der Waals surface area contributed by atoms with Crippen LogP contribution in [0, 0.1) is 23.2 Å². The van der Waals surface area contributed by atoms with Crippen LogP contribution in [0.3, 0.4) is 0 Å². The molecular formula is C10H13N. The zero-order valence-electron chi connectivity index (χ0n) is 6.71. The van der Waals surface area contributed by atoms with Crippen LogP contribution in [-0.2, 0) is 0 Å². The standard InChI is InChI=1S/C10H13N/c11-5-1-2-9-6-8-3-4-10(9)7-8/h2,8,10H,1,3-4,6-7H2/b9-2-. The van der Waals surface area contributed by atoms with E-state index in [1.165, 1.54) is 25.7 Å². The minimum absolute atomic E-state index is 0.624. The van der Waals surface area contributed by atoms with Crippen molar-refractivity contribution in [2.24, 2.45) is 11.8 Å². The topological polar surface area (TPSA) is 23.8 Å². The summed E-state index contributed by atoms with van der Waals surface area (Å²) in [5.41, 5.74) is 1.59. The number of nitriles is 1. The Morgan fingerprint density at radius 2 is 2.45 bits per heavy atom. The summed E-state index contributed by atoms with van der Waals surface area (Å²) in [7, 11) is 0. The van der Waals surface area contributed by atoms with Gasteiger partial charge in [-0.3, -0.25) is 0 Å². The van der Waals surface area contributed by atoms with Crippen LogP contribution in [0.5, 0.6) is 0 Å². The molecule has 0 aromatic carbocycles. The third-order valence-electron chi connectivity index (χ3n) is 3.05. The van der Waals surface area contributed by atoms with Gasteiger partial charge < -0.3 is 0 Å². The summed E-state index contributed by atoms with van der Waals surface area (Å²) < 4.78 is 0. The molecule has 1 heteroatoms. The third-order valence-corrected chi connectivity index (χ3v) is 3.05. The summed E-state index contributed by atoms with van der Waals surface area (Å²) in [5, 5.41) is 8.40. The smallest absolute Gasteiger partial charge is 0.0663 e. The molecule has 2 unspecified atom stereocenters. The van der Waals surface area contributed by atoms with Gasteiger partial charge in [0.05, 0.1) is 12.5 Å². The van der Waals surface area contributed by atoms with Crippen LogP contribution in [0.25, 0.3) is 0 Å². The number of fused-ring (bicyclic) bond motifs is 2. The quantitative estimate of drug-likeness (QED) is 0.523. The summed E-state index contributed by atoms with van der Waals surface area (Å²) in [5.74, 6) is 1.85. The van der Waals surface area contributed by atoms with Gasteiger partial charge in [0.25, 0.3) is 0 Å². The van der Waals surface area contributed by atoms with E-state index in [0.29, 0.717) is 6.42 Å². The molecule has 0 radical (unpaired) electrons. The molecule has 0 aliphatic heterocycles. The molecule has 0 N–H and O–H groups in total. The zero-order valence-corrected chi connectivity index (χ0v) is 6.71. The lowest BCUT2D eigenvalue weighted by Gasteiger charge is -2.11. The Balaban J connectivity index is 2.03. The molecule has 2 bridgehead atoms. The molecule has 2 rings (SSSR count). The Morgan fingerprint density at radius 3 is 3.00 bits per heavy atom. The lowest BCUT2D eigenvalue weighted by Crippen LogP contribution is -1.97. The normalized spacial score (nSPS) is 37.9. The van der Waals surface area contributed by atoms with Gasteiger partial charge in [-0.15, -0.1) is 0 Å². The summed E-state index contributed by atoms with van der Waals surface area (Å²) in [6, 6.07) is 2.18. The van der Waals surface area contributed by atoms with Gasteiger partial charge >= 0.3 is 0 Å². The molecule has 2 aliphatic rings. The van der Waals surface area contributed by atoms with E-state index in [1.54, 1.807) is 5.57 Å². The van der Waals surface area contributed by atoms with Crippen molar-refractivity contribution in [1.29, 1.82) is 5.26 Å². The molecule has 58 valence electrons. The zero-order chi connectivity index (χ0) is 7.68. The maximum absolute atomic E-state index is 8.40. The number of nitrogens with zero attached hydrogens (tertiary/aromatic N) is 1. The number of hydrogen-bond donors (Lipinski definition) is 0. The van der Waals surface area contributed by atoms with Gasteiger partial charge in [0.2, 0.25) is 0 Å². The first-order valence-corrected chi connectivity index (χ1v) is 4.46. The largest absolute Gasteiger partial charge is 0.198 e. The van der Waals surface area contributed by atoms with Gasteiger partial charge in [-0.25, -0.2) is 0 Å². The summed E-state index contributed by atoms with van der Waals surface area (Å²) >= 11 is 0. The van der Waals surface area contributed by atoms with Crippen molar-refractivity contribution >= 4 is 0 Å². The maximum atomic E-state index is 8.40. The van der Waals surface area contributed by atoms with Gasteiger partial charge in [0.15, 0.2) is 0 Å². The Bertz CT molecular complexity index is 222. The van der Waals surface area contributed by atoms with Crippen LogP contribution in [0.2, 0.25) is 0 Å². The van der Waals surface area contributed by atoms with Crippen molar-refractivity contribution in [2.75, 3.05) is 0 Å². The van der Waals surface area contributed by atoms with Gasteiger partial charge in [-0.2, -0.15) is 5.26 Å². The van der Waals surface area contributed by atoms with E-state index >= 15 is 0 Å². The minimum Gasteiger partial charge on any atom is -0.198 e. The first kappa shape index (κ1) is 6.91. The highest BCUT2D eigenvalue weighted by Gasteiger charge is 2.34. The van der Waals surface area contributed by atoms with E-state index in [4.69, 9.17) is 5.26 Å². The van der Waals surface area contributed by atoms with Crippen molar-refractivity contribution in [3.63, 3.8) is 0 Å². The van der Waals surface area contributed by atoms with Crippen molar-refractivity contribution in [3.05, 3.63) is 11.6 Å². The molecule has 0 aromatic heterocycles. The number of allylic oxidation sites excluding steroid dienone is 2. The summed E-state index contributed by atoms with van der Waals surface area (Å²) in [4.78, 5) is 0. The predicted octanol–water partition coefficient (Wildman–Crippen LogP) is 2.65. The fourth-order valence-corrected chi connectivity index (χ4v) is 2.52. The maximum Gasteiger partial charge on any atom is 0.0663 e. The molecule has 0 saturated heterocycles. The third kappa shape index (κ3) is 1.18. The second-order valence-electron chi connectivity index (χ2n) is 3.72. The highest BCUT2D eigenvalue weighted by Crippen LogP contribution is 2.47. The first-order valence-electron chi connectivity index (χ1n) is 4.46. The molecule has 2 fully saturated rings. The Labute approximate surface area is 67.7 Å². The van der Waals surface area contributed by atoms with Gasteiger partial charge in [0, 0.05) is 0 Å². The number of rotatable bonds is 1. The molecule has 11 heavy (non-hydrogen) atoms. The average molecular weight is 147 g/mol. The van der Waals surface area contributed by atoms with Gasteiger partial charge in [-0.05, 0) is 37.5 Å². The highest BCUT2D eigenvalue weighted by molar-refractivity contribution is 5.17. The summed E-state index contributed by atoms with van der Waals surface area (Å²) in [6.07, 6.45) is 8.32. The first-order chi connectivity index (χ1) is 5.40. The molecular weight excluding hydrogens is 134 g/mol. The van der Waals surface area contributed by atoms with Gasteiger partial charge in [-0.1, -0.05) is 11.6 Å². The molecule has 2 atom stereocenters. The van der Waals surface area contributed by atoms with Crippen molar-refractivity contribution < 1.29 is 0 Å². The van der Waals surface area contributed by atoms with Crippen molar-refractivity contribution in [3.8, 4) is 6.07 Å². The SMILES string of the molecule is N#CC/C=C1/CC2CCC1C2. The molecule has 2 aliphatic carbocycles. The van der Waals surface area contributed by atoms with Crippen LogP contribution < -0.4 is 0 Å². The van der Waals surface area contributed by atoms with E-state index in [1.807, 2.05) is 0 Å². The predicted molar refractivity (Wildman–Crippen MR) is 43.8 cm³/mol. The van der Waals surface area contributed by atoms with E-state index in [0.717, 1.165) is 11.8 Å². The fourth-order valence-electron chi connectivity index (χ4n) is 2.52. The van der Waals surface area contributed by atoms with E-state index in [-0.39, 0.29) is 0 Å². The van der Waals surface area contributed by atoms with E-state index < -0.39 is 0 Å². The molecule has 0 amide bonds. The molecule has 0 heterocycles. The monoisotopic (exact) mass is 147 g/mol. The minimum atomic E-state index is 0.624. The fraction of sp³-hybridized carbons (Fsp3) is 0.700. The van der Waals surface area contributed by atoms with Crippen LogP contribution in [0.1, 0.15) is 32.1 Å². The van der Waals surface area contributed by atoms with E-state index in [2.05, 4.69) is 12.1 Å². The second kappa shape index (κ2) is 2.70. The average Bonchev–Trinajstić information content (AvgIpc) is 2.60. The van der Waals surface area contributed by atoms with Crippen LogP contribution in [0.4, 0.5) is 0 Å². The second-order valence-corrected chi connectivity index (χ2v) is 3.72.